The molecular formula is C24H19ClN4O3. The minimum Gasteiger partial charge on any atom is -0.350 e. The third kappa shape index (κ3) is 4.84. The molecule has 1 heterocycles. The Kier molecular flexibility index (Phi) is 6.28. The van der Waals surface area contributed by atoms with Crippen LogP contribution in [-0.4, -0.2) is 27.2 Å². The summed E-state index contributed by atoms with van der Waals surface area (Å²) in [6.45, 7) is 0.469. The molecule has 1 aromatic heterocycles. The molecule has 1 amide bonds. The van der Waals surface area contributed by atoms with Gasteiger partial charge < -0.3 is 5.32 Å². The lowest BCUT2D eigenvalue weighted by Crippen LogP contribution is -2.27. The number of nitrogens with one attached hydrogen (secondary N) is 1. The van der Waals surface area contributed by atoms with Crippen LogP contribution in [-0.2, 0) is 6.42 Å². The highest BCUT2D eigenvalue weighted by Gasteiger charge is 2.18. The van der Waals surface area contributed by atoms with Gasteiger partial charge in [0.15, 0.2) is 0 Å². The largest absolute Gasteiger partial charge is 0.350 e. The number of carbonyl (C=O) groups is 1. The molecule has 8 heteroatoms. The number of rotatable bonds is 7. The molecule has 0 aliphatic rings. The molecule has 160 valence electrons. The van der Waals surface area contributed by atoms with E-state index in [1.54, 1.807) is 42.5 Å². The van der Waals surface area contributed by atoms with Gasteiger partial charge in [0, 0.05) is 29.3 Å². The molecule has 0 bridgehead atoms. The first-order chi connectivity index (χ1) is 15.5. The molecule has 0 unspecified atom stereocenters. The van der Waals surface area contributed by atoms with Gasteiger partial charge in [0.2, 0.25) is 0 Å². The summed E-state index contributed by atoms with van der Waals surface area (Å²) in [7, 11) is 0. The van der Waals surface area contributed by atoms with Gasteiger partial charge in [0.05, 0.1) is 16.3 Å². The van der Waals surface area contributed by atoms with Crippen LogP contribution in [0.25, 0.3) is 16.9 Å². The molecule has 0 aliphatic carbocycles. The fraction of sp³-hybridized carbons (Fsp3) is 0.0833. The maximum Gasteiger partial charge on any atom is 0.270 e. The van der Waals surface area contributed by atoms with E-state index < -0.39 is 4.92 Å². The summed E-state index contributed by atoms with van der Waals surface area (Å²) >= 11 is 6.14. The van der Waals surface area contributed by atoms with E-state index in [1.165, 1.54) is 16.8 Å². The topological polar surface area (TPSA) is 90.1 Å². The van der Waals surface area contributed by atoms with Gasteiger partial charge >= 0.3 is 0 Å². The summed E-state index contributed by atoms with van der Waals surface area (Å²) in [4.78, 5) is 23.5. The van der Waals surface area contributed by atoms with Crippen molar-refractivity contribution in [3.63, 3.8) is 0 Å². The molecule has 4 rings (SSSR count). The van der Waals surface area contributed by atoms with Gasteiger partial charge in [0.1, 0.15) is 5.69 Å². The number of amides is 1. The van der Waals surface area contributed by atoms with Gasteiger partial charge in [-0.25, -0.2) is 4.68 Å². The molecule has 0 radical (unpaired) electrons. The van der Waals surface area contributed by atoms with Gasteiger partial charge in [-0.3, -0.25) is 14.9 Å². The molecule has 7 nitrogen and oxygen atoms in total. The first-order valence-electron chi connectivity index (χ1n) is 9.94. The lowest BCUT2D eigenvalue weighted by molar-refractivity contribution is -0.384. The predicted molar refractivity (Wildman–Crippen MR) is 123 cm³/mol. The van der Waals surface area contributed by atoms with Crippen molar-refractivity contribution in [2.75, 3.05) is 6.54 Å². The van der Waals surface area contributed by atoms with Crippen molar-refractivity contribution in [1.82, 2.24) is 15.1 Å². The highest BCUT2D eigenvalue weighted by Crippen LogP contribution is 2.25. The van der Waals surface area contributed by atoms with Crippen LogP contribution in [0.2, 0.25) is 5.02 Å². The van der Waals surface area contributed by atoms with Gasteiger partial charge in [-0.15, -0.1) is 0 Å². The van der Waals surface area contributed by atoms with E-state index in [-0.39, 0.29) is 11.6 Å². The molecule has 0 atom stereocenters. The predicted octanol–water partition coefficient (Wildman–Crippen LogP) is 5.07. The first kappa shape index (κ1) is 21.3. The summed E-state index contributed by atoms with van der Waals surface area (Å²) in [6.07, 6.45) is 0.701. The van der Waals surface area contributed by atoms with E-state index in [1.807, 2.05) is 30.3 Å². The van der Waals surface area contributed by atoms with Crippen molar-refractivity contribution >= 4 is 23.2 Å². The summed E-state index contributed by atoms with van der Waals surface area (Å²) in [5, 5.41) is 19.0. The number of hydrogen-bond donors (Lipinski definition) is 1. The van der Waals surface area contributed by atoms with Crippen LogP contribution in [0.1, 0.15) is 16.1 Å². The molecule has 0 fully saturated rings. The molecule has 0 saturated carbocycles. The number of benzene rings is 3. The van der Waals surface area contributed by atoms with Crippen LogP contribution in [0.5, 0.6) is 0 Å². The van der Waals surface area contributed by atoms with E-state index in [9.17, 15) is 14.9 Å². The number of hydrogen-bond acceptors (Lipinski definition) is 4. The molecule has 3 aromatic carbocycles. The Morgan fingerprint density at radius 1 is 1.00 bits per heavy atom. The minimum atomic E-state index is -0.458. The number of non-ortho nitro benzene ring substituents is 1. The first-order valence-corrected chi connectivity index (χ1v) is 10.3. The fourth-order valence-corrected chi connectivity index (χ4v) is 3.48. The van der Waals surface area contributed by atoms with Crippen molar-refractivity contribution in [2.24, 2.45) is 0 Å². The van der Waals surface area contributed by atoms with E-state index in [2.05, 4.69) is 10.4 Å². The van der Waals surface area contributed by atoms with Crippen molar-refractivity contribution in [2.45, 2.75) is 6.42 Å². The second-order valence-electron chi connectivity index (χ2n) is 7.10. The molecule has 0 saturated heterocycles. The number of nitro groups is 1. The van der Waals surface area contributed by atoms with Gasteiger partial charge in [0.25, 0.3) is 11.6 Å². The number of carbonyl (C=O) groups excluding carboxylic acids is 1. The van der Waals surface area contributed by atoms with Crippen LogP contribution in [0.3, 0.4) is 0 Å². The van der Waals surface area contributed by atoms with Crippen LogP contribution >= 0.6 is 11.6 Å². The molecule has 0 aliphatic heterocycles. The average Bonchev–Trinajstić information content (AvgIpc) is 3.25. The van der Waals surface area contributed by atoms with E-state index in [0.29, 0.717) is 40.6 Å². The number of aromatic nitrogens is 2. The average molecular weight is 447 g/mol. The zero-order valence-corrected chi connectivity index (χ0v) is 17.7. The standard InChI is InChI=1S/C24H19ClN4O3/c25-19-7-4-8-21(15-19)28-23(24(30)26-14-13-17-5-2-1-3-6-17)16-22(27-28)18-9-11-20(12-10-18)29(31)32/h1-12,15-16H,13-14H2,(H,26,30). The molecule has 1 N–H and O–H groups in total. The van der Waals surface area contributed by atoms with Crippen LogP contribution in [0, 0.1) is 10.1 Å². The van der Waals surface area contributed by atoms with E-state index >= 15 is 0 Å². The molecule has 32 heavy (non-hydrogen) atoms. The summed E-state index contributed by atoms with van der Waals surface area (Å²) in [6, 6.07) is 24.6. The van der Waals surface area contributed by atoms with Crippen molar-refractivity contribution in [3.8, 4) is 16.9 Å². The lowest BCUT2D eigenvalue weighted by Gasteiger charge is -2.09. The summed E-state index contributed by atoms with van der Waals surface area (Å²) in [5.74, 6) is -0.276. The lowest BCUT2D eigenvalue weighted by atomic mass is 10.1. The maximum absolute atomic E-state index is 13.0. The SMILES string of the molecule is O=C(NCCc1ccccc1)c1cc(-c2ccc([N+](=O)[O-])cc2)nn1-c1cccc(Cl)c1. The zero-order valence-electron chi connectivity index (χ0n) is 16.9. The number of nitro benzene ring substituents is 1. The van der Waals surface area contributed by atoms with E-state index in [4.69, 9.17) is 11.6 Å². The van der Waals surface area contributed by atoms with Crippen LogP contribution in [0.4, 0.5) is 5.69 Å². The Morgan fingerprint density at radius 3 is 2.44 bits per heavy atom. The molecule has 0 spiro atoms. The van der Waals surface area contributed by atoms with Gasteiger partial charge in [-0.1, -0.05) is 48.0 Å². The monoisotopic (exact) mass is 446 g/mol. The summed E-state index contributed by atoms with van der Waals surface area (Å²) in [5.41, 5.74) is 3.28. The smallest absolute Gasteiger partial charge is 0.270 e. The van der Waals surface area contributed by atoms with Gasteiger partial charge in [-0.05, 0) is 48.4 Å². The molecule has 4 aromatic rings. The second kappa shape index (κ2) is 9.45. The van der Waals surface area contributed by atoms with Gasteiger partial charge in [-0.2, -0.15) is 5.10 Å². The zero-order chi connectivity index (χ0) is 22.5. The third-order valence-corrected chi connectivity index (χ3v) is 5.15. The highest BCUT2D eigenvalue weighted by molar-refractivity contribution is 6.30. The molecular weight excluding hydrogens is 428 g/mol. The van der Waals surface area contributed by atoms with E-state index in [0.717, 1.165) is 5.56 Å². The number of nitrogens with zero attached hydrogens (tertiary/aromatic N) is 3. The normalized spacial score (nSPS) is 10.7. The van der Waals surface area contributed by atoms with Crippen LogP contribution in [0.15, 0.2) is 84.9 Å². The Hall–Kier alpha value is -3.97. The van der Waals surface area contributed by atoms with Crippen molar-refractivity contribution in [3.05, 3.63) is 111 Å². The minimum absolute atomic E-state index is 0.0121. The van der Waals surface area contributed by atoms with Crippen LogP contribution < -0.4 is 5.32 Å². The van der Waals surface area contributed by atoms with Crippen molar-refractivity contribution < 1.29 is 9.72 Å². The Balaban J connectivity index is 1.63. The highest BCUT2D eigenvalue weighted by atomic mass is 35.5. The quantitative estimate of drug-likeness (QED) is 0.317. The number of halogens is 1. The summed E-state index contributed by atoms with van der Waals surface area (Å²) < 4.78 is 1.53. The Morgan fingerprint density at radius 2 is 1.75 bits per heavy atom. The maximum atomic E-state index is 13.0. The Labute approximate surface area is 189 Å². The third-order valence-electron chi connectivity index (χ3n) is 4.91. The second-order valence-corrected chi connectivity index (χ2v) is 7.54. The Bertz CT molecular complexity index is 1250. The van der Waals surface area contributed by atoms with Crippen molar-refractivity contribution in [1.29, 1.82) is 0 Å². The fourth-order valence-electron chi connectivity index (χ4n) is 3.30.